The molecule has 1 saturated heterocycles. The zero-order chi connectivity index (χ0) is 15.5. The van der Waals surface area contributed by atoms with Gasteiger partial charge in [0, 0.05) is 37.4 Å². The van der Waals surface area contributed by atoms with E-state index in [1.54, 1.807) is 13.4 Å². The van der Waals surface area contributed by atoms with Crippen LogP contribution in [0.3, 0.4) is 0 Å². The predicted molar refractivity (Wildman–Crippen MR) is 88.9 cm³/mol. The van der Waals surface area contributed by atoms with Crippen molar-refractivity contribution in [3.05, 3.63) is 41.9 Å². The number of hydrogen-bond donors (Lipinski definition) is 0. The average Bonchev–Trinajstić information content (AvgIpc) is 2.57. The number of para-hydroxylation sites is 2. The van der Waals surface area contributed by atoms with Crippen molar-refractivity contribution < 1.29 is 4.74 Å². The van der Waals surface area contributed by atoms with E-state index in [0.29, 0.717) is 0 Å². The second-order valence-electron chi connectivity index (χ2n) is 5.55. The zero-order valence-electron chi connectivity index (χ0n) is 13.4. The number of hydrogen-bond acceptors (Lipinski definition) is 5. The topological polar surface area (TPSA) is 41.5 Å². The fraction of sp³-hybridized carbons (Fsp3) is 0.412. The maximum Gasteiger partial charge on any atom is 0.142 e. The summed E-state index contributed by atoms with van der Waals surface area (Å²) in [4.78, 5) is 13.4. The number of anilines is 2. The number of benzene rings is 1. The monoisotopic (exact) mass is 298 g/mol. The molecule has 5 heteroatoms. The largest absolute Gasteiger partial charge is 0.495 e. The first-order valence-corrected chi connectivity index (χ1v) is 7.62. The van der Waals surface area contributed by atoms with Gasteiger partial charge in [-0.1, -0.05) is 12.1 Å². The summed E-state index contributed by atoms with van der Waals surface area (Å²) < 4.78 is 5.47. The summed E-state index contributed by atoms with van der Waals surface area (Å²) in [6.07, 6.45) is 1.66. The molecule has 0 N–H and O–H groups in total. The van der Waals surface area contributed by atoms with Crippen molar-refractivity contribution in [1.82, 2.24) is 9.97 Å². The molecular formula is C17H22N4O. The minimum Gasteiger partial charge on any atom is -0.495 e. The molecule has 1 aromatic carbocycles. The molecule has 1 aliphatic heterocycles. The summed E-state index contributed by atoms with van der Waals surface area (Å²) in [5, 5.41) is 0. The van der Waals surface area contributed by atoms with E-state index >= 15 is 0 Å². The fourth-order valence-corrected chi connectivity index (χ4v) is 2.89. The van der Waals surface area contributed by atoms with Gasteiger partial charge in [0.25, 0.3) is 0 Å². The van der Waals surface area contributed by atoms with Crippen LogP contribution in [0, 0.1) is 13.8 Å². The maximum absolute atomic E-state index is 5.47. The number of ether oxygens (including phenoxy) is 1. The van der Waals surface area contributed by atoms with Crippen LogP contribution in [0.1, 0.15) is 11.3 Å². The lowest BCUT2D eigenvalue weighted by Gasteiger charge is -2.37. The highest BCUT2D eigenvalue weighted by molar-refractivity contribution is 5.60. The molecule has 1 aromatic heterocycles. The molecule has 0 amide bonds. The van der Waals surface area contributed by atoms with Crippen molar-refractivity contribution in [3.63, 3.8) is 0 Å². The molecule has 2 aromatic rings. The highest BCUT2D eigenvalue weighted by Gasteiger charge is 2.21. The van der Waals surface area contributed by atoms with Crippen LogP contribution in [-0.4, -0.2) is 43.3 Å². The Kier molecular flexibility index (Phi) is 4.13. The summed E-state index contributed by atoms with van der Waals surface area (Å²) in [5.74, 6) is 2.00. The molecule has 0 aliphatic carbocycles. The molecule has 22 heavy (non-hydrogen) atoms. The minimum absolute atomic E-state index is 0.935. The smallest absolute Gasteiger partial charge is 0.142 e. The van der Waals surface area contributed by atoms with Crippen LogP contribution in [-0.2, 0) is 0 Å². The molecule has 2 heterocycles. The van der Waals surface area contributed by atoms with Crippen molar-refractivity contribution >= 4 is 11.5 Å². The third-order valence-electron chi connectivity index (χ3n) is 4.31. The predicted octanol–water partition coefficient (Wildman–Crippen LogP) is 2.43. The molecule has 3 rings (SSSR count). The van der Waals surface area contributed by atoms with Gasteiger partial charge in [-0.2, -0.15) is 0 Å². The van der Waals surface area contributed by atoms with Crippen molar-refractivity contribution in [2.75, 3.05) is 43.1 Å². The van der Waals surface area contributed by atoms with E-state index in [1.807, 2.05) is 19.1 Å². The van der Waals surface area contributed by atoms with E-state index < -0.39 is 0 Å². The van der Waals surface area contributed by atoms with Gasteiger partial charge in [-0.25, -0.2) is 9.97 Å². The Labute approximate surface area is 131 Å². The van der Waals surface area contributed by atoms with Gasteiger partial charge in [-0.05, 0) is 26.0 Å². The van der Waals surface area contributed by atoms with Crippen LogP contribution in [0.5, 0.6) is 5.75 Å². The van der Waals surface area contributed by atoms with Gasteiger partial charge < -0.3 is 14.5 Å². The van der Waals surface area contributed by atoms with Crippen molar-refractivity contribution in [2.45, 2.75) is 13.8 Å². The number of methoxy groups -OCH3 is 1. The first kappa shape index (κ1) is 14.6. The lowest BCUT2D eigenvalue weighted by Crippen LogP contribution is -2.47. The van der Waals surface area contributed by atoms with Gasteiger partial charge >= 0.3 is 0 Å². The normalized spacial score (nSPS) is 15.0. The maximum atomic E-state index is 5.47. The van der Waals surface area contributed by atoms with Gasteiger partial charge in [0.2, 0.25) is 0 Å². The molecule has 1 aliphatic rings. The highest BCUT2D eigenvalue weighted by atomic mass is 16.5. The molecule has 0 saturated carbocycles. The van der Waals surface area contributed by atoms with Gasteiger partial charge in [0.05, 0.1) is 12.8 Å². The van der Waals surface area contributed by atoms with Gasteiger partial charge in [0.1, 0.15) is 17.9 Å². The van der Waals surface area contributed by atoms with Gasteiger partial charge in [-0.3, -0.25) is 0 Å². The van der Waals surface area contributed by atoms with Gasteiger partial charge in [-0.15, -0.1) is 0 Å². The Morgan fingerprint density at radius 2 is 1.64 bits per heavy atom. The highest BCUT2D eigenvalue weighted by Crippen LogP contribution is 2.29. The second kappa shape index (κ2) is 6.22. The van der Waals surface area contributed by atoms with E-state index in [1.165, 1.54) is 11.3 Å². The fourth-order valence-electron chi connectivity index (χ4n) is 2.89. The first-order chi connectivity index (χ1) is 10.7. The van der Waals surface area contributed by atoms with Crippen molar-refractivity contribution in [1.29, 1.82) is 0 Å². The molecular weight excluding hydrogens is 276 g/mol. The lowest BCUT2D eigenvalue weighted by molar-refractivity contribution is 0.413. The van der Waals surface area contributed by atoms with E-state index in [9.17, 15) is 0 Å². The molecule has 0 unspecified atom stereocenters. The van der Waals surface area contributed by atoms with E-state index in [0.717, 1.165) is 43.4 Å². The van der Waals surface area contributed by atoms with Crippen molar-refractivity contribution in [2.24, 2.45) is 0 Å². The average molecular weight is 298 g/mol. The van der Waals surface area contributed by atoms with Crippen LogP contribution in [0.15, 0.2) is 30.6 Å². The minimum atomic E-state index is 0.935. The molecule has 5 nitrogen and oxygen atoms in total. The zero-order valence-corrected chi connectivity index (χ0v) is 13.4. The molecule has 0 radical (unpaired) electrons. The summed E-state index contributed by atoms with van der Waals surface area (Å²) >= 11 is 0. The first-order valence-electron chi connectivity index (χ1n) is 7.62. The summed E-state index contributed by atoms with van der Waals surface area (Å²) in [6.45, 7) is 7.96. The third-order valence-corrected chi connectivity index (χ3v) is 4.31. The Balaban J connectivity index is 1.74. The van der Waals surface area contributed by atoms with Crippen LogP contribution in [0.25, 0.3) is 0 Å². The Hall–Kier alpha value is -2.30. The van der Waals surface area contributed by atoms with E-state index in [4.69, 9.17) is 4.74 Å². The molecule has 0 spiro atoms. The molecule has 116 valence electrons. The van der Waals surface area contributed by atoms with Crippen LogP contribution < -0.4 is 14.5 Å². The molecule has 0 bridgehead atoms. The van der Waals surface area contributed by atoms with E-state index in [-0.39, 0.29) is 0 Å². The van der Waals surface area contributed by atoms with Gasteiger partial charge in [0.15, 0.2) is 0 Å². The number of piperazine rings is 1. The van der Waals surface area contributed by atoms with Crippen LogP contribution >= 0.6 is 0 Å². The summed E-state index contributed by atoms with van der Waals surface area (Å²) in [6, 6.07) is 8.20. The Morgan fingerprint density at radius 3 is 2.36 bits per heavy atom. The van der Waals surface area contributed by atoms with E-state index in [2.05, 4.69) is 38.8 Å². The number of aromatic nitrogens is 2. The number of rotatable bonds is 3. The summed E-state index contributed by atoms with van der Waals surface area (Å²) in [7, 11) is 1.72. The molecule has 1 fully saturated rings. The van der Waals surface area contributed by atoms with Crippen LogP contribution in [0.4, 0.5) is 11.5 Å². The van der Waals surface area contributed by atoms with Crippen LogP contribution in [0.2, 0.25) is 0 Å². The second-order valence-corrected chi connectivity index (χ2v) is 5.55. The van der Waals surface area contributed by atoms with Crippen molar-refractivity contribution in [3.8, 4) is 5.75 Å². The Morgan fingerprint density at radius 1 is 0.955 bits per heavy atom. The third kappa shape index (κ3) is 2.71. The lowest BCUT2D eigenvalue weighted by atomic mass is 10.2. The Bertz CT molecular complexity index is 651. The standard InChI is InChI=1S/C17H22N4O/c1-13-14(2)18-12-19-17(13)21-10-8-20(9-11-21)15-6-4-5-7-16(15)22-3/h4-7,12H,8-11H2,1-3H3. The molecule has 0 atom stereocenters. The number of nitrogens with zero attached hydrogens (tertiary/aromatic N) is 4. The SMILES string of the molecule is COc1ccccc1N1CCN(c2ncnc(C)c2C)CC1. The quantitative estimate of drug-likeness (QED) is 0.870. The number of aryl methyl sites for hydroxylation is 1. The summed E-state index contributed by atoms with van der Waals surface area (Å²) in [5.41, 5.74) is 3.39.